The number of nitriles is 1. The molecule has 0 fully saturated rings. The predicted molar refractivity (Wildman–Crippen MR) is 603 cm³/mol. The summed E-state index contributed by atoms with van der Waals surface area (Å²) in [5, 5.41) is 47.1. The van der Waals surface area contributed by atoms with E-state index in [2.05, 4.69) is 369 Å². The molecule has 0 aliphatic rings. The lowest BCUT2D eigenvalue weighted by Crippen LogP contribution is -2.02. The van der Waals surface area contributed by atoms with Crippen molar-refractivity contribution in [2.45, 2.75) is 0 Å². The third-order valence-corrected chi connectivity index (χ3v) is 29.1. The maximum Gasteiger partial charge on any atom is 0.182 e. The second-order valence-electron chi connectivity index (χ2n) is 37.5. The summed E-state index contributed by atoms with van der Waals surface area (Å²) in [6.07, 6.45) is 8.53. The lowest BCUT2D eigenvalue weighted by atomic mass is 9.96. The minimum absolute atomic E-state index is 0.464. The van der Waals surface area contributed by atoms with Crippen molar-refractivity contribution in [3.63, 3.8) is 0 Å². The van der Waals surface area contributed by atoms with Crippen molar-refractivity contribution in [1.82, 2.24) is 68.8 Å². The highest BCUT2D eigenvalue weighted by Gasteiger charge is 2.28. The van der Waals surface area contributed by atoms with E-state index in [1.54, 1.807) is 31.0 Å². The number of nitrogens with zero attached hydrogens (tertiary/aromatic N) is 15. The lowest BCUT2D eigenvalue weighted by Gasteiger charge is -2.17. The Bertz CT molecular complexity index is 10900. The molecular weight excluding hydrogens is 1810 g/mol. The summed E-state index contributed by atoms with van der Waals surface area (Å²) < 4.78 is 13.3. The van der Waals surface area contributed by atoms with Crippen LogP contribution in [0, 0.1) is 11.3 Å². The Labute approximate surface area is 844 Å². The second kappa shape index (κ2) is 34.4. The fraction of sp³-hybridized carbons (Fsp3) is 0. The maximum absolute atomic E-state index is 11.0. The molecule has 0 saturated heterocycles. The first kappa shape index (κ1) is 84.3. The zero-order valence-corrected chi connectivity index (χ0v) is 79.1. The summed E-state index contributed by atoms with van der Waals surface area (Å²) in [6.45, 7) is 0. The number of hydrogen-bond acceptors (Lipinski definition) is 13. The Hall–Kier alpha value is -20.5. The normalized spacial score (nSPS) is 11.8. The molecule has 21 aromatic carbocycles. The maximum atomic E-state index is 11.0. The van der Waals surface area contributed by atoms with E-state index in [4.69, 9.17) is 49.5 Å². The summed E-state index contributed by atoms with van der Waals surface area (Å²) in [6, 6.07) is 156. The molecule has 10 heterocycles. The third-order valence-electron chi connectivity index (χ3n) is 29.1. The van der Waals surface area contributed by atoms with Gasteiger partial charge in [0.15, 0.2) is 22.9 Å². The van der Waals surface area contributed by atoms with Crippen molar-refractivity contribution in [3.05, 3.63) is 473 Å². The van der Waals surface area contributed by atoms with Crippen LogP contribution in [-0.4, -0.2) is 68.8 Å². The van der Waals surface area contributed by atoms with Crippen molar-refractivity contribution in [3.8, 4) is 102 Å². The van der Waals surface area contributed by atoms with Gasteiger partial charge in [-0.15, -0.1) is 10.2 Å². The van der Waals surface area contributed by atoms with Crippen LogP contribution in [0.2, 0.25) is 0 Å². The van der Waals surface area contributed by atoms with E-state index in [1.165, 1.54) is 92.1 Å². The van der Waals surface area contributed by atoms with Crippen molar-refractivity contribution in [1.29, 1.82) is 5.26 Å². The van der Waals surface area contributed by atoms with Crippen LogP contribution in [0.5, 0.6) is 0 Å². The number of pyridine rings is 1. The van der Waals surface area contributed by atoms with Gasteiger partial charge >= 0.3 is 0 Å². The molecule has 0 bridgehead atoms. The summed E-state index contributed by atoms with van der Waals surface area (Å²) >= 11 is 0. The van der Waals surface area contributed by atoms with E-state index in [9.17, 15) is 5.26 Å². The van der Waals surface area contributed by atoms with Gasteiger partial charge in [-0.3, -0.25) is 9.97 Å². The standard InChI is InChI=1S/C50H29N5.C44H25N5O.C38H23N5/c51-30-37-29-44(55-45-28-36-15-5-4-14-35(36)27-43(45)41-25-24-33-13-6-7-16-38(33)48(41)55)39-17-8-9-18-40(39)46(37)50-53-47(42-19-10-26-52-49(42)54-50)34-22-20-32(21-23-34)31-11-2-1-3-12-31;1-3-9-29-23-37-35(21-27(29)7-1)36-22-28-8-2-4-10-30(28)24-38(36)49(37)32-16-13-26(14-17-32)41-43-44(46-20-19-45-43)42(48-47-41)31-15-18-34-33-11-5-6-12-39(33)50-40(34)25-31;1-2-9-25(10-3-1)34-35-38(40-21-20-39-35)42-37(41-34)26-14-17-29(18-15-26)43-33-23-28-12-5-4-11-27(28)22-32(33)31-19-16-24-8-6-7-13-30(24)36(31)43/h1-29H;1-25H;1-23H. The average Bonchev–Trinajstić information content (AvgIpc) is 1.54. The molecule has 16 nitrogen and oxygen atoms in total. The van der Waals surface area contributed by atoms with E-state index >= 15 is 0 Å². The van der Waals surface area contributed by atoms with Gasteiger partial charge in [0, 0.05) is 140 Å². The van der Waals surface area contributed by atoms with Crippen molar-refractivity contribution >= 4 is 196 Å². The molecule has 0 radical (unpaired) electrons. The topological polar surface area (TPSA) is 194 Å². The third kappa shape index (κ3) is 14.0. The molecule has 0 unspecified atom stereocenters. The number of aromatic nitrogens is 14. The zero-order valence-electron chi connectivity index (χ0n) is 79.1. The van der Waals surface area contributed by atoms with Gasteiger partial charge in [-0.2, -0.15) is 5.26 Å². The first-order valence-corrected chi connectivity index (χ1v) is 49.3. The average molecular weight is 1890 g/mol. The Kier molecular flexibility index (Phi) is 19.6. The predicted octanol–water partition coefficient (Wildman–Crippen LogP) is 32.7. The molecule has 0 N–H and O–H groups in total. The largest absolute Gasteiger partial charge is 0.456 e. The van der Waals surface area contributed by atoms with Gasteiger partial charge in [-0.25, -0.2) is 34.9 Å². The van der Waals surface area contributed by atoms with Crippen LogP contribution in [0.1, 0.15) is 5.56 Å². The molecular formula is C132H77N15O. The van der Waals surface area contributed by atoms with E-state index in [1.807, 2.05) is 97.1 Å². The number of hydrogen-bond donors (Lipinski definition) is 0. The molecule has 0 saturated carbocycles. The van der Waals surface area contributed by atoms with Gasteiger partial charge in [0.1, 0.15) is 44.8 Å². The van der Waals surface area contributed by atoms with Crippen LogP contribution in [-0.2, 0) is 0 Å². The Morgan fingerprint density at radius 1 is 0.216 bits per heavy atom. The molecule has 0 atom stereocenters. The van der Waals surface area contributed by atoms with Crippen LogP contribution in [0.25, 0.3) is 292 Å². The SMILES string of the molecule is N#Cc1cc(-n2c3cc4ccccc4cc3c3ccc4ccccc4c32)c2ccccc2c1-c1nc(-c2ccc(-c3ccccc3)cc2)c2cccnc2n1.c1ccc(-c2nc(-c3ccc(-n4c5cc6ccccc6cc5c5ccc6ccccc6c54)cc3)nc3nccnc23)cc1.c1ccc2cc3c(cc2c1)c1cc2ccccc2cc1n3-c1ccc(-c2nnc(-c3ccc4c(c3)oc3ccccc34)c3nccnc23)cc1. The smallest absolute Gasteiger partial charge is 0.182 e. The molecule has 31 aromatic rings. The van der Waals surface area contributed by atoms with Gasteiger partial charge < -0.3 is 18.1 Å². The van der Waals surface area contributed by atoms with E-state index in [0.717, 1.165) is 143 Å². The summed E-state index contributed by atoms with van der Waals surface area (Å²) in [5.41, 5.74) is 25.9. The minimum atomic E-state index is 0.464. The van der Waals surface area contributed by atoms with Gasteiger partial charge in [0.2, 0.25) is 0 Å². The summed E-state index contributed by atoms with van der Waals surface area (Å²) in [5.74, 6) is 1.09. The van der Waals surface area contributed by atoms with Gasteiger partial charge in [-0.1, -0.05) is 315 Å². The molecule has 16 heteroatoms. The van der Waals surface area contributed by atoms with Gasteiger partial charge in [-0.05, 0) is 192 Å². The Morgan fingerprint density at radius 2 is 0.601 bits per heavy atom. The fourth-order valence-corrected chi connectivity index (χ4v) is 22.2. The second-order valence-corrected chi connectivity index (χ2v) is 37.5. The molecule has 148 heavy (non-hydrogen) atoms. The highest BCUT2D eigenvalue weighted by molar-refractivity contribution is 6.24. The van der Waals surface area contributed by atoms with Crippen LogP contribution >= 0.6 is 0 Å². The number of benzene rings is 21. The molecule has 0 aliphatic heterocycles. The van der Waals surface area contributed by atoms with Crippen LogP contribution in [0.4, 0.5) is 0 Å². The zero-order chi connectivity index (χ0) is 97.5. The molecule has 0 spiro atoms. The van der Waals surface area contributed by atoms with Gasteiger partial charge in [0.05, 0.1) is 56.1 Å². The highest BCUT2D eigenvalue weighted by atomic mass is 16.3. The molecule has 31 rings (SSSR count). The van der Waals surface area contributed by atoms with Crippen molar-refractivity contribution < 1.29 is 4.42 Å². The van der Waals surface area contributed by atoms with Crippen LogP contribution < -0.4 is 0 Å². The Balaban J connectivity index is 0.000000105. The molecule has 10 aromatic heterocycles. The number of para-hydroxylation sites is 1. The van der Waals surface area contributed by atoms with Crippen molar-refractivity contribution in [2.75, 3.05) is 0 Å². The van der Waals surface area contributed by atoms with Gasteiger partial charge in [0.25, 0.3) is 0 Å². The van der Waals surface area contributed by atoms with E-state index < -0.39 is 0 Å². The number of furan rings is 1. The molecule has 0 aliphatic carbocycles. The highest BCUT2D eigenvalue weighted by Crippen LogP contribution is 2.48. The van der Waals surface area contributed by atoms with E-state index in [0.29, 0.717) is 62.0 Å². The van der Waals surface area contributed by atoms with E-state index in [-0.39, 0.29) is 0 Å². The molecule has 686 valence electrons. The number of rotatable bonds is 10. The summed E-state index contributed by atoms with van der Waals surface area (Å²) in [7, 11) is 0. The monoisotopic (exact) mass is 1890 g/mol. The first-order chi connectivity index (χ1) is 73.3. The molecule has 0 amide bonds. The minimum Gasteiger partial charge on any atom is -0.456 e. The quantitative estimate of drug-likeness (QED) is 0.126. The lowest BCUT2D eigenvalue weighted by molar-refractivity contribution is 0.669. The fourth-order valence-electron chi connectivity index (χ4n) is 22.2. The first-order valence-electron chi connectivity index (χ1n) is 49.3. The van der Waals surface area contributed by atoms with Crippen LogP contribution in [0.3, 0.4) is 0 Å². The number of fused-ring (bicyclic) bond motifs is 24. The van der Waals surface area contributed by atoms with Crippen molar-refractivity contribution in [2.24, 2.45) is 0 Å². The Morgan fingerprint density at radius 3 is 1.18 bits per heavy atom. The van der Waals surface area contributed by atoms with Crippen LogP contribution in [0.15, 0.2) is 472 Å². The summed E-state index contributed by atoms with van der Waals surface area (Å²) in [4.78, 5) is 43.4.